The van der Waals surface area contributed by atoms with Crippen LogP contribution < -0.4 is 0 Å². The van der Waals surface area contributed by atoms with E-state index in [-0.39, 0.29) is 0 Å². The average molecular weight is 275 g/mol. The lowest BCUT2D eigenvalue weighted by atomic mass is 10.0. The second-order valence-corrected chi connectivity index (χ2v) is 5.50. The summed E-state index contributed by atoms with van der Waals surface area (Å²) in [6.45, 7) is 6.76. The van der Waals surface area contributed by atoms with Gasteiger partial charge < -0.3 is 5.11 Å². The van der Waals surface area contributed by atoms with Crippen LogP contribution in [0.3, 0.4) is 0 Å². The molecule has 0 aliphatic heterocycles. The molecule has 0 saturated heterocycles. The first-order valence-corrected chi connectivity index (χ1v) is 6.77. The van der Waals surface area contributed by atoms with Crippen LogP contribution in [-0.2, 0) is 17.9 Å². The number of likely N-dealkylation sites (N-methyl/N-ethyl adjacent to an activating group) is 1. The number of hydrogen-bond donors (Lipinski definition) is 1. The van der Waals surface area contributed by atoms with Crippen molar-refractivity contribution in [3.63, 3.8) is 0 Å². The molecule has 0 amide bonds. The maximum Gasteiger partial charge on any atom is 0.323 e. The molecule has 0 fully saturated rings. The summed E-state index contributed by atoms with van der Waals surface area (Å²) in [5, 5.41) is 15.0. The van der Waals surface area contributed by atoms with Crippen molar-refractivity contribution in [2.24, 2.45) is 0 Å². The second-order valence-electron chi connectivity index (χ2n) is 5.50. The van der Waals surface area contributed by atoms with E-state index in [9.17, 15) is 9.90 Å². The summed E-state index contributed by atoms with van der Waals surface area (Å²) in [6, 6.07) is 8.05. The molecule has 0 bridgehead atoms. The predicted octanol–water partition coefficient (Wildman–Crippen LogP) is 2.35. The van der Waals surface area contributed by atoms with Gasteiger partial charge in [0.05, 0.1) is 11.2 Å². The number of aliphatic carboxylic acids is 1. The van der Waals surface area contributed by atoms with Crippen LogP contribution in [0.5, 0.6) is 0 Å². The summed E-state index contributed by atoms with van der Waals surface area (Å²) in [6.07, 6.45) is 0. The Labute approximate surface area is 118 Å². The molecule has 20 heavy (non-hydrogen) atoms. The highest BCUT2D eigenvalue weighted by atomic mass is 16.4. The molecule has 5 heteroatoms. The van der Waals surface area contributed by atoms with E-state index in [0.717, 1.165) is 23.1 Å². The van der Waals surface area contributed by atoms with Crippen LogP contribution >= 0.6 is 0 Å². The Morgan fingerprint density at radius 1 is 1.40 bits per heavy atom. The molecule has 0 atom stereocenters. The molecule has 0 unspecified atom stereocenters. The topological polar surface area (TPSA) is 58.4 Å². The molecule has 1 heterocycles. The molecule has 0 aliphatic carbocycles. The highest BCUT2D eigenvalue weighted by Gasteiger charge is 2.32. The molecule has 5 nitrogen and oxygen atoms in total. The Balaban J connectivity index is 2.37. The number of fused-ring (bicyclic) bond motifs is 1. The van der Waals surface area contributed by atoms with Gasteiger partial charge >= 0.3 is 5.97 Å². The number of aromatic nitrogens is 2. The zero-order valence-corrected chi connectivity index (χ0v) is 12.4. The lowest BCUT2D eigenvalue weighted by molar-refractivity contribution is -0.148. The Bertz CT molecular complexity index is 631. The van der Waals surface area contributed by atoms with E-state index in [1.165, 1.54) is 0 Å². The number of carbonyl (C=O) groups is 1. The van der Waals surface area contributed by atoms with Crippen LogP contribution in [0.4, 0.5) is 0 Å². The van der Waals surface area contributed by atoms with Crippen molar-refractivity contribution in [1.82, 2.24) is 14.7 Å². The quantitative estimate of drug-likeness (QED) is 0.910. The molecule has 0 aliphatic rings. The fourth-order valence-corrected chi connectivity index (χ4v) is 2.14. The van der Waals surface area contributed by atoms with E-state index in [4.69, 9.17) is 0 Å². The van der Waals surface area contributed by atoms with E-state index in [0.29, 0.717) is 6.54 Å². The van der Waals surface area contributed by atoms with Gasteiger partial charge in [-0.3, -0.25) is 14.4 Å². The molecule has 1 N–H and O–H groups in total. The number of hydrogen-bond acceptors (Lipinski definition) is 3. The lowest BCUT2D eigenvalue weighted by Crippen LogP contribution is -2.47. The number of rotatable bonds is 5. The van der Waals surface area contributed by atoms with Crippen LogP contribution in [0.2, 0.25) is 0 Å². The molecule has 0 spiro atoms. The minimum absolute atomic E-state index is 0.507. The highest BCUT2D eigenvalue weighted by Crippen LogP contribution is 2.22. The van der Waals surface area contributed by atoms with Gasteiger partial charge in [-0.15, -0.1) is 0 Å². The normalized spacial score (nSPS) is 12.2. The van der Waals surface area contributed by atoms with Crippen molar-refractivity contribution >= 4 is 16.9 Å². The Morgan fingerprint density at radius 3 is 2.65 bits per heavy atom. The molecule has 0 radical (unpaired) electrons. The summed E-state index contributed by atoms with van der Waals surface area (Å²) >= 11 is 0. The third kappa shape index (κ3) is 2.41. The van der Waals surface area contributed by atoms with Gasteiger partial charge in [-0.1, -0.05) is 18.2 Å². The van der Waals surface area contributed by atoms with Gasteiger partial charge in [0.1, 0.15) is 5.54 Å². The lowest BCUT2D eigenvalue weighted by Gasteiger charge is -2.30. The first kappa shape index (κ1) is 14.5. The summed E-state index contributed by atoms with van der Waals surface area (Å²) in [5.41, 5.74) is 1.09. The van der Waals surface area contributed by atoms with Gasteiger partial charge in [0.25, 0.3) is 0 Å². The van der Waals surface area contributed by atoms with Crippen LogP contribution in [0.1, 0.15) is 26.5 Å². The molecule has 2 aromatic rings. The first-order valence-electron chi connectivity index (χ1n) is 6.77. The van der Waals surface area contributed by atoms with Crippen LogP contribution in [-0.4, -0.2) is 38.3 Å². The zero-order chi connectivity index (χ0) is 14.9. The minimum Gasteiger partial charge on any atom is -0.480 e. The van der Waals surface area contributed by atoms with Crippen molar-refractivity contribution in [1.29, 1.82) is 0 Å². The van der Waals surface area contributed by atoms with E-state index < -0.39 is 11.5 Å². The van der Waals surface area contributed by atoms with Crippen LogP contribution in [0, 0.1) is 0 Å². The SMILES string of the molecule is CCn1nc(CN(C)C(C)(C)C(=O)O)c2ccccc21. The third-order valence-corrected chi connectivity index (χ3v) is 3.90. The highest BCUT2D eigenvalue weighted by molar-refractivity contribution is 5.82. The van der Waals surface area contributed by atoms with Crippen molar-refractivity contribution < 1.29 is 9.90 Å². The van der Waals surface area contributed by atoms with E-state index in [1.807, 2.05) is 47.8 Å². The zero-order valence-electron chi connectivity index (χ0n) is 12.4. The van der Waals surface area contributed by atoms with Gasteiger partial charge in [0.15, 0.2) is 0 Å². The molecule has 1 aromatic carbocycles. The van der Waals surface area contributed by atoms with Gasteiger partial charge in [-0.2, -0.15) is 5.10 Å². The van der Waals surface area contributed by atoms with Gasteiger partial charge in [-0.25, -0.2) is 0 Å². The predicted molar refractivity (Wildman–Crippen MR) is 78.6 cm³/mol. The van der Waals surface area contributed by atoms with Crippen molar-refractivity contribution in [2.45, 2.75) is 39.4 Å². The molecular formula is C15H21N3O2. The first-order chi connectivity index (χ1) is 9.37. The Hall–Kier alpha value is -1.88. The van der Waals surface area contributed by atoms with Crippen molar-refractivity contribution in [3.8, 4) is 0 Å². The maximum atomic E-state index is 11.3. The Kier molecular flexibility index (Phi) is 3.81. The van der Waals surface area contributed by atoms with Crippen LogP contribution in [0.25, 0.3) is 10.9 Å². The molecule has 1 aromatic heterocycles. The number of nitrogens with zero attached hydrogens (tertiary/aromatic N) is 3. The van der Waals surface area contributed by atoms with E-state index in [1.54, 1.807) is 13.8 Å². The van der Waals surface area contributed by atoms with Crippen LogP contribution in [0.15, 0.2) is 24.3 Å². The monoisotopic (exact) mass is 275 g/mol. The maximum absolute atomic E-state index is 11.3. The second kappa shape index (κ2) is 5.25. The summed E-state index contributed by atoms with van der Waals surface area (Å²) in [5.74, 6) is -0.834. The van der Waals surface area contributed by atoms with E-state index in [2.05, 4.69) is 5.10 Å². The van der Waals surface area contributed by atoms with Crippen molar-refractivity contribution in [2.75, 3.05) is 7.05 Å². The largest absolute Gasteiger partial charge is 0.480 e. The smallest absolute Gasteiger partial charge is 0.323 e. The summed E-state index contributed by atoms with van der Waals surface area (Å²) in [4.78, 5) is 13.1. The van der Waals surface area contributed by atoms with Gasteiger partial charge in [0, 0.05) is 18.5 Å². The summed E-state index contributed by atoms with van der Waals surface area (Å²) in [7, 11) is 1.81. The van der Waals surface area contributed by atoms with E-state index >= 15 is 0 Å². The molecule has 108 valence electrons. The number of para-hydroxylation sites is 1. The van der Waals surface area contributed by atoms with Gasteiger partial charge in [-0.05, 0) is 33.9 Å². The fourth-order valence-electron chi connectivity index (χ4n) is 2.14. The molecule has 0 saturated carbocycles. The third-order valence-electron chi connectivity index (χ3n) is 3.90. The molecular weight excluding hydrogens is 254 g/mol. The Morgan fingerprint density at radius 2 is 2.05 bits per heavy atom. The summed E-state index contributed by atoms with van der Waals surface area (Å²) < 4.78 is 1.95. The number of benzene rings is 1. The minimum atomic E-state index is -0.920. The van der Waals surface area contributed by atoms with Gasteiger partial charge in [0.2, 0.25) is 0 Å². The van der Waals surface area contributed by atoms with Crippen molar-refractivity contribution in [3.05, 3.63) is 30.0 Å². The average Bonchev–Trinajstić information content (AvgIpc) is 2.77. The fraction of sp³-hybridized carbons (Fsp3) is 0.467. The molecule has 2 rings (SSSR count). The number of carboxylic acid groups (broad SMARTS) is 1. The number of carboxylic acids is 1. The standard InChI is InChI=1S/C15H21N3O2/c1-5-18-13-9-7-6-8-11(13)12(16-18)10-17(4)15(2,3)14(19)20/h6-9H,5,10H2,1-4H3,(H,19,20). The number of aryl methyl sites for hydroxylation is 1.